The Hall–Kier alpha value is -2.46. The molecule has 3 heterocycles. The molecular formula is C20H22N4. The quantitative estimate of drug-likeness (QED) is 0.772. The first kappa shape index (κ1) is 15.1. The number of nitrogens with one attached hydrogen (secondary N) is 2. The zero-order valence-electron chi connectivity index (χ0n) is 13.9. The Balaban J connectivity index is 1.78. The average molecular weight is 318 g/mol. The summed E-state index contributed by atoms with van der Waals surface area (Å²) in [5, 5.41) is 9.58. The van der Waals surface area contributed by atoms with E-state index in [9.17, 15) is 0 Å². The van der Waals surface area contributed by atoms with Crippen molar-refractivity contribution >= 4 is 16.5 Å². The van der Waals surface area contributed by atoms with E-state index in [1.54, 1.807) is 0 Å². The second-order valence-electron chi connectivity index (χ2n) is 6.48. The van der Waals surface area contributed by atoms with Crippen LogP contribution < -0.4 is 10.6 Å². The largest absolute Gasteiger partial charge is 0.382 e. The number of aromatic nitrogens is 2. The Labute approximate surface area is 142 Å². The van der Waals surface area contributed by atoms with Gasteiger partial charge in [0.2, 0.25) is 0 Å². The monoisotopic (exact) mass is 318 g/mol. The number of aryl methyl sites for hydroxylation is 1. The molecule has 0 atom stereocenters. The van der Waals surface area contributed by atoms with Gasteiger partial charge < -0.3 is 10.6 Å². The van der Waals surface area contributed by atoms with Crippen LogP contribution in [0.1, 0.15) is 18.5 Å². The van der Waals surface area contributed by atoms with Gasteiger partial charge in [-0.3, -0.25) is 9.97 Å². The summed E-state index contributed by atoms with van der Waals surface area (Å²) in [7, 11) is 0. The Morgan fingerprint density at radius 3 is 2.75 bits per heavy atom. The van der Waals surface area contributed by atoms with E-state index in [0.717, 1.165) is 31.6 Å². The number of rotatable bonds is 3. The van der Waals surface area contributed by atoms with Gasteiger partial charge in [0.15, 0.2) is 0 Å². The molecule has 1 aliphatic rings. The van der Waals surface area contributed by atoms with E-state index in [1.165, 1.54) is 27.6 Å². The minimum Gasteiger partial charge on any atom is -0.382 e. The Bertz CT molecular complexity index is 853. The molecule has 24 heavy (non-hydrogen) atoms. The highest BCUT2D eigenvalue weighted by molar-refractivity contribution is 5.97. The highest BCUT2D eigenvalue weighted by atomic mass is 15.0. The van der Waals surface area contributed by atoms with Gasteiger partial charge in [0.05, 0.1) is 0 Å². The van der Waals surface area contributed by atoms with E-state index in [0.29, 0.717) is 6.04 Å². The smallest absolute Gasteiger partial charge is 0.0443 e. The Kier molecular flexibility index (Phi) is 4.13. The van der Waals surface area contributed by atoms with Crippen molar-refractivity contribution in [1.82, 2.24) is 15.3 Å². The molecule has 1 aliphatic heterocycles. The zero-order chi connectivity index (χ0) is 16.4. The molecule has 0 unspecified atom stereocenters. The van der Waals surface area contributed by atoms with Crippen molar-refractivity contribution in [3.8, 4) is 11.1 Å². The van der Waals surface area contributed by atoms with Crippen molar-refractivity contribution < 1.29 is 0 Å². The van der Waals surface area contributed by atoms with Crippen LogP contribution >= 0.6 is 0 Å². The van der Waals surface area contributed by atoms with Crippen molar-refractivity contribution in [2.75, 3.05) is 18.4 Å². The van der Waals surface area contributed by atoms with Crippen LogP contribution in [-0.4, -0.2) is 29.1 Å². The van der Waals surface area contributed by atoms with Gasteiger partial charge in [-0.15, -0.1) is 0 Å². The van der Waals surface area contributed by atoms with Crippen LogP contribution in [0.5, 0.6) is 0 Å². The molecule has 0 radical (unpaired) electrons. The van der Waals surface area contributed by atoms with Gasteiger partial charge in [-0.25, -0.2) is 0 Å². The Morgan fingerprint density at radius 1 is 1.04 bits per heavy atom. The first-order chi connectivity index (χ1) is 11.8. The van der Waals surface area contributed by atoms with Crippen molar-refractivity contribution in [2.45, 2.75) is 25.8 Å². The molecule has 4 heteroatoms. The predicted octanol–water partition coefficient (Wildman–Crippen LogP) is 3.77. The fourth-order valence-corrected chi connectivity index (χ4v) is 3.40. The van der Waals surface area contributed by atoms with Crippen molar-refractivity contribution in [2.24, 2.45) is 0 Å². The van der Waals surface area contributed by atoms with E-state index in [2.05, 4.69) is 50.9 Å². The molecule has 2 N–H and O–H groups in total. The molecule has 2 aromatic heterocycles. The minimum absolute atomic E-state index is 0.518. The SMILES string of the molecule is Cc1cc(-c2cc(NC3CCNCC3)c3cnccc3c2)ccn1. The van der Waals surface area contributed by atoms with E-state index >= 15 is 0 Å². The second kappa shape index (κ2) is 6.57. The van der Waals surface area contributed by atoms with E-state index < -0.39 is 0 Å². The first-order valence-electron chi connectivity index (χ1n) is 8.58. The van der Waals surface area contributed by atoms with Gasteiger partial charge in [-0.05, 0) is 79.7 Å². The maximum absolute atomic E-state index is 4.32. The third kappa shape index (κ3) is 3.10. The summed E-state index contributed by atoms with van der Waals surface area (Å²) in [6.07, 6.45) is 8.00. The van der Waals surface area contributed by atoms with Crippen molar-refractivity contribution in [3.63, 3.8) is 0 Å². The zero-order valence-corrected chi connectivity index (χ0v) is 13.9. The lowest BCUT2D eigenvalue weighted by molar-refractivity contribution is 0.479. The second-order valence-corrected chi connectivity index (χ2v) is 6.48. The lowest BCUT2D eigenvalue weighted by Gasteiger charge is -2.25. The third-order valence-electron chi connectivity index (χ3n) is 4.68. The summed E-state index contributed by atoms with van der Waals surface area (Å²) < 4.78 is 0. The van der Waals surface area contributed by atoms with Gasteiger partial charge in [0.25, 0.3) is 0 Å². The molecule has 0 saturated carbocycles. The van der Waals surface area contributed by atoms with Gasteiger partial charge in [0, 0.05) is 41.4 Å². The van der Waals surface area contributed by atoms with E-state index in [-0.39, 0.29) is 0 Å². The Morgan fingerprint density at radius 2 is 1.92 bits per heavy atom. The van der Waals surface area contributed by atoms with Gasteiger partial charge in [0.1, 0.15) is 0 Å². The maximum Gasteiger partial charge on any atom is 0.0443 e. The molecule has 1 aromatic carbocycles. The highest BCUT2D eigenvalue weighted by Gasteiger charge is 2.15. The van der Waals surface area contributed by atoms with Crippen LogP contribution in [0.4, 0.5) is 5.69 Å². The number of hydrogen-bond acceptors (Lipinski definition) is 4. The van der Waals surface area contributed by atoms with E-state index in [1.807, 2.05) is 25.5 Å². The number of fused-ring (bicyclic) bond motifs is 1. The number of hydrogen-bond donors (Lipinski definition) is 2. The van der Waals surface area contributed by atoms with Gasteiger partial charge >= 0.3 is 0 Å². The molecule has 1 saturated heterocycles. The molecule has 0 spiro atoms. The topological polar surface area (TPSA) is 49.8 Å². The van der Waals surface area contributed by atoms with Crippen LogP contribution in [0.3, 0.4) is 0 Å². The summed E-state index contributed by atoms with van der Waals surface area (Å²) in [6, 6.07) is 11.3. The van der Waals surface area contributed by atoms with E-state index in [4.69, 9.17) is 0 Å². The fourth-order valence-electron chi connectivity index (χ4n) is 3.40. The molecule has 0 bridgehead atoms. The summed E-state index contributed by atoms with van der Waals surface area (Å²) >= 11 is 0. The molecule has 0 aliphatic carbocycles. The number of piperidine rings is 1. The van der Waals surface area contributed by atoms with Gasteiger partial charge in [-0.1, -0.05) is 0 Å². The molecule has 122 valence electrons. The van der Waals surface area contributed by atoms with Crippen molar-refractivity contribution in [1.29, 1.82) is 0 Å². The third-order valence-corrected chi connectivity index (χ3v) is 4.68. The standard InChI is InChI=1S/C20H22N4/c1-14-10-15(3-9-23-14)17-11-16-2-6-22-13-19(16)20(12-17)24-18-4-7-21-8-5-18/h2-3,6,9-13,18,21,24H,4-5,7-8H2,1H3. The summed E-state index contributed by atoms with van der Waals surface area (Å²) in [5.41, 5.74) is 4.64. The molecule has 4 rings (SSSR count). The predicted molar refractivity (Wildman–Crippen MR) is 99.2 cm³/mol. The van der Waals surface area contributed by atoms with Crippen LogP contribution in [-0.2, 0) is 0 Å². The highest BCUT2D eigenvalue weighted by Crippen LogP contribution is 2.31. The summed E-state index contributed by atoms with van der Waals surface area (Å²) in [4.78, 5) is 8.63. The number of nitrogens with zero attached hydrogens (tertiary/aromatic N) is 2. The van der Waals surface area contributed by atoms with Crippen molar-refractivity contribution in [3.05, 3.63) is 54.6 Å². The lowest BCUT2D eigenvalue weighted by Crippen LogP contribution is -2.35. The van der Waals surface area contributed by atoms with Crippen LogP contribution in [0.15, 0.2) is 48.9 Å². The molecule has 1 fully saturated rings. The van der Waals surface area contributed by atoms with Crippen LogP contribution in [0.25, 0.3) is 21.9 Å². The normalized spacial score (nSPS) is 15.5. The fraction of sp³-hybridized carbons (Fsp3) is 0.300. The van der Waals surface area contributed by atoms with Crippen LogP contribution in [0, 0.1) is 6.92 Å². The number of benzene rings is 1. The number of pyridine rings is 2. The lowest BCUT2D eigenvalue weighted by atomic mass is 9.99. The molecule has 4 nitrogen and oxygen atoms in total. The molecule has 3 aromatic rings. The average Bonchev–Trinajstić information content (AvgIpc) is 2.62. The van der Waals surface area contributed by atoms with Crippen LogP contribution in [0.2, 0.25) is 0 Å². The number of anilines is 1. The summed E-state index contributed by atoms with van der Waals surface area (Å²) in [6.45, 7) is 4.19. The van der Waals surface area contributed by atoms with Gasteiger partial charge in [-0.2, -0.15) is 0 Å². The maximum atomic E-state index is 4.32. The summed E-state index contributed by atoms with van der Waals surface area (Å²) in [5.74, 6) is 0. The molecule has 0 amide bonds. The minimum atomic E-state index is 0.518. The first-order valence-corrected chi connectivity index (χ1v) is 8.58. The molecular weight excluding hydrogens is 296 g/mol.